The Bertz CT molecular complexity index is 153. The van der Waals surface area contributed by atoms with E-state index >= 15 is 0 Å². The molecule has 0 spiro atoms. The van der Waals surface area contributed by atoms with Crippen molar-refractivity contribution in [3.8, 4) is 0 Å². The number of carbonyl (C=O) groups excluding carboxylic acids is 1. The molecule has 0 unspecified atom stereocenters. The quantitative estimate of drug-likeness (QED) is 0.606. The maximum atomic E-state index is 11.5. The lowest BCUT2D eigenvalue weighted by atomic mass is 10.3. The Morgan fingerprint density at radius 3 is 2.69 bits per heavy atom. The molecule has 1 aliphatic heterocycles. The first kappa shape index (κ1) is 10.5. The Hall–Kier alpha value is -0.570. The summed E-state index contributed by atoms with van der Waals surface area (Å²) in [5.74, 6) is 0.303. The monoisotopic (exact) mass is 185 g/mol. The molecule has 3 nitrogen and oxygen atoms in total. The number of nitrogens with zero attached hydrogens (tertiary/aromatic N) is 1. The second-order valence-corrected chi connectivity index (χ2v) is 3.39. The third kappa shape index (κ3) is 3.77. The fraction of sp³-hybridized carbons (Fsp3) is 0.900. The molecular weight excluding hydrogens is 166 g/mol. The van der Waals surface area contributed by atoms with Gasteiger partial charge in [0.25, 0.3) is 0 Å². The van der Waals surface area contributed by atoms with Crippen LogP contribution in [0.3, 0.4) is 0 Å². The van der Waals surface area contributed by atoms with Gasteiger partial charge in [0.1, 0.15) is 0 Å². The van der Waals surface area contributed by atoms with Crippen LogP contribution in [0.1, 0.15) is 32.6 Å². The Labute approximate surface area is 80.1 Å². The van der Waals surface area contributed by atoms with Crippen LogP contribution in [0.4, 0.5) is 0 Å². The summed E-state index contributed by atoms with van der Waals surface area (Å²) in [6.07, 6.45) is 3.87. The van der Waals surface area contributed by atoms with Gasteiger partial charge in [0.2, 0.25) is 5.91 Å². The van der Waals surface area contributed by atoms with Crippen LogP contribution in [0.5, 0.6) is 0 Å². The lowest BCUT2D eigenvalue weighted by molar-refractivity contribution is -0.130. The summed E-state index contributed by atoms with van der Waals surface area (Å²) in [7, 11) is 0. The molecule has 0 N–H and O–H groups in total. The van der Waals surface area contributed by atoms with E-state index in [-0.39, 0.29) is 0 Å². The molecule has 0 aromatic rings. The first-order chi connectivity index (χ1) is 6.34. The lowest BCUT2D eigenvalue weighted by Gasteiger charge is -2.14. The van der Waals surface area contributed by atoms with Crippen LogP contribution in [-0.2, 0) is 9.53 Å². The van der Waals surface area contributed by atoms with E-state index < -0.39 is 0 Å². The summed E-state index contributed by atoms with van der Waals surface area (Å²) in [6, 6.07) is 0. The number of hydrogen-bond donors (Lipinski definition) is 0. The Morgan fingerprint density at radius 2 is 2.08 bits per heavy atom. The number of hydrogen-bond acceptors (Lipinski definition) is 2. The molecule has 0 radical (unpaired) electrons. The molecule has 0 aromatic carbocycles. The average molecular weight is 185 g/mol. The van der Waals surface area contributed by atoms with E-state index in [9.17, 15) is 4.79 Å². The molecule has 1 fully saturated rings. The van der Waals surface area contributed by atoms with Crippen LogP contribution in [-0.4, -0.2) is 37.1 Å². The van der Waals surface area contributed by atoms with Crippen molar-refractivity contribution in [2.45, 2.75) is 32.6 Å². The molecule has 1 aliphatic rings. The van der Waals surface area contributed by atoms with Gasteiger partial charge < -0.3 is 9.64 Å². The maximum Gasteiger partial charge on any atom is 0.222 e. The molecule has 0 aliphatic carbocycles. The van der Waals surface area contributed by atoms with Gasteiger partial charge in [-0.05, 0) is 26.2 Å². The minimum absolute atomic E-state index is 0.303. The third-order valence-electron chi connectivity index (χ3n) is 2.34. The summed E-state index contributed by atoms with van der Waals surface area (Å²) < 4.78 is 5.18. The summed E-state index contributed by atoms with van der Waals surface area (Å²) in [6.45, 7) is 5.37. The second-order valence-electron chi connectivity index (χ2n) is 3.39. The summed E-state index contributed by atoms with van der Waals surface area (Å²) in [4.78, 5) is 13.4. The minimum Gasteiger partial charge on any atom is -0.382 e. The predicted octanol–water partition coefficient (Wildman–Crippen LogP) is 1.43. The van der Waals surface area contributed by atoms with Crippen molar-refractivity contribution >= 4 is 5.91 Å². The van der Waals surface area contributed by atoms with Crippen molar-refractivity contribution in [2.24, 2.45) is 0 Å². The topological polar surface area (TPSA) is 29.5 Å². The fourth-order valence-corrected chi connectivity index (χ4v) is 1.59. The number of carbonyl (C=O) groups is 1. The highest BCUT2D eigenvalue weighted by Gasteiger charge is 2.16. The normalized spacial score (nSPS) is 16.5. The molecule has 13 heavy (non-hydrogen) atoms. The van der Waals surface area contributed by atoms with Crippen LogP contribution in [0.2, 0.25) is 0 Å². The van der Waals surface area contributed by atoms with Crippen LogP contribution < -0.4 is 0 Å². The molecule has 1 rings (SSSR count). The molecule has 76 valence electrons. The zero-order valence-corrected chi connectivity index (χ0v) is 8.42. The van der Waals surface area contributed by atoms with Gasteiger partial charge >= 0.3 is 0 Å². The SMILES string of the molecule is CCOCCCC(=O)N1CCCC1. The zero-order chi connectivity index (χ0) is 9.52. The molecule has 1 amide bonds. The number of likely N-dealkylation sites (tertiary alicyclic amines) is 1. The first-order valence-electron chi connectivity index (χ1n) is 5.20. The van der Waals surface area contributed by atoms with Crippen molar-refractivity contribution in [1.29, 1.82) is 0 Å². The fourth-order valence-electron chi connectivity index (χ4n) is 1.59. The van der Waals surface area contributed by atoms with Crippen molar-refractivity contribution in [3.63, 3.8) is 0 Å². The van der Waals surface area contributed by atoms with Crippen LogP contribution in [0, 0.1) is 0 Å². The van der Waals surface area contributed by atoms with E-state index in [0.717, 1.165) is 32.7 Å². The van der Waals surface area contributed by atoms with E-state index in [1.165, 1.54) is 12.8 Å². The Balaban J connectivity index is 2.03. The van der Waals surface area contributed by atoms with E-state index in [2.05, 4.69) is 0 Å². The van der Waals surface area contributed by atoms with E-state index in [1.54, 1.807) is 0 Å². The standard InChI is InChI=1S/C10H19NO2/c1-2-13-9-5-6-10(12)11-7-3-4-8-11/h2-9H2,1H3. The molecule has 1 saturated heterocycles. The van der Waals surface area contributed by atoms with Gasteiger partial charge in [-0.25, -0.2) is 0 Å². The Kier molecular flexibility index (Phi) is 4.83. The van der Waals surface area contributed by atoms with Gasteiger partial charge in [-0.15, -0.1) is 0 Å². The van der Waals surface area contributed by atoms with Gasteiger partial charge in [-0.2, -0.15) is 0 Å². The van der Waals surface area contributed by atoms with Gasteiger partial charge in [-0.1, -0.05) is 0 Å². The maximum absolute atomic E-state index is 11.5. The molecule has 3 heteroatoms. The van der Waals surface area contributed by atoms with Gasteiger partial charge in [0, 0.05) is 32.7 Å². The number of amides is 1. The van der Waals surface area contributed by atoms with Gasteiger partial charge in [0.15, 0.2) is 0 Å². The summed E-state index contributed by atoms with van der Waals surface area (Å²) >= 11 is 0. The van der Waals surface area contributed by atoms with E-state index in [4.69, 9.17) is 4.74 Å². The molecule has 0 saturated carbocycles. The molecule has 0 atom stereocenters. The largest absolute Gasteiger partial charge is 0.382 e. The van der Waals surface area contributed by atoms with Crippen molar-refractivity contribution in [1.82, 2.24) is 4.90 Å². The van der Waals surface area contributed by atoms with Gasteiger partial charge in [0.05, 0.1) is 0 Å². The number of rotatable bonds is 5. The van der Waals surface area contributed by atoms with Crippen molar-refractivity contribution in [3.05, 3.63) is 0 Å². The average Bonchev–Trinajstić information content (AvgIpc) is 2.65. The summed E-state index contributed by atoms with van der Waals surface area (Å²) in [5, 5.41) is 0. The molecule has 0 bridgehead atoms. The number of ether oxygens (including phenoxy) is 1. The molecular formula is C10H19NO2. The zero-order valence-electron chi connectivity index (χ0n) is 8.42. The summed E-state index contributed by atoms with van der Waals surface area (Å²) in [5.41, 5.74) is 0. The lowest BCUT2D eigenvalue weighted by Crippen LogP contribution is -2.27. The van der Waals surface area contributed by atoms with Crippen LogP contribution in [0.25, 0.3) is 0 Å². The minimum atomic E-state index is 0.303. The Morgan fingerprint density at radius 1 is 1.38 bits per heavy atom. The highest BCUT2D eigenvalue weighted by Crippen LogP contribution is 2.09. The molecule has 0 aromatic heterocycles. The second kappa shape index (κ2) is 5.97. The predicted molar refractivity (Wildman–Crippen MR) is 51.5 cm³/mol. The van der Waals surface area contributed by atoms with Crippen molar-refractivity contribution in [2.75, 3.05) is 26.3 Å². The molecule has 1 heterocycles. The van der Waals surface area contributed by atoms with Gasteiger partial charge in [-0.3, -0.25) is 4.79 Å². The van der Waals surface area contributed by atoms with E-state index in [1.807, 2.05) is 11.8 Å². The highest BCUT2D eigenvalue weighted by atomic mass is 16.5. The first-order valence-corrected chi connectivity index (χ1v) is 5.20. The van der Waals surface area contributed by atoms with Crippen LogP contribution >= 0.6 is 0 Å². The highest BCUT2D eigenvalue weighted by molar-refractivity contribution is 5.76. The smallest absolute Gasteiger partial charge is 0.222 e. The van der Waals surface area contributed by atoms with Crippen LogP contribution in [0.15, 0.2) is 0 Å². The van der Waals surface area contributed by atoms with E-state index in [0.29, 0.717) is 12.3 Å². The third-order valence-corrected chi connectivity index (χ3v) is 2.34. The van der Waals surface area contributed by atoms with Crippen molar-refractivity contribution < 1.29 is 9.53 Å².